The number of rotatable bonds is 5. The number of para-hydroxylation sites is 1. The normalized spacial score (nSPS) is 11.3. The molecule has 2 aromatic rings. The minimum Gasteiger partial charge on any atom is -0.378 e. The van der Waals surface area contributed by atoms with E-state index in [1.807, 2.05) is 0 Å². The molecule has 0 spiro atoms. The van der Waals surface area contributed by atoms with Crippen LogP contribution in [-0.4, -0.2) is 20.6 Å². The van der Waals surface area contributed by atoms with E-state index >= 15 is 0 Å². The van der Waals surface area contributed by atoms with E-state index in [9.17, 15) is 8.42 Å². The van der Waals surface area contributed by atoms with Gasteiger partial charge in [-0.1, -0.05) is 30.3 Å². The molecule has 0 radical (unpaired) electrons. The summed E-state index contributed by atoms with van der Waals surface area (Å²) in [4.78, 5) is 0.0611. The monoisotopic (exact) mass is 318 g/mol. The summed E-state index contributed by atoms with van der Waals surface area (Å²) in [6.45, 7) is 0. The molecule has 0 bridgehead atoms. The lowest BCUT2D eigenvalue weighted by Crippen LogP contribution is -2.21. The highest BCUT2D eigenvalue weighted by atomic mass is 32.2. The van der Waals surface area contributed by atoms with Crippen molar-refractivity contribution in [2.75, 3.05) is 0 Å². The van der Waals surface area contributed by atoms with Crippen LogP contribution in [0, 0.1) is 0 Å². The number of hydrogen-bond donors (Lipinski definition) is 2. The van der Waals surface area contributed by atoms with E-state index in [0.717, 1.165) is 0 Å². The summed E-state index contributed by atoms with van der Waals surface area (Å²) in [5.41, 5.74) is 10.7. The Morgan fingerprint density at radius 2 is 1.64 bits per heavy atom. The van der Waals surface area contributed by atoms with Crippen molar-refractivity contribution in [3.05, 3.63) is 60.2 Å². The van der Waals surface area contributed by atoms with Gasteiger partial charge in [0.15, 0.2) is 5.75 Å². The molecular weight excluding hydrogens is 304 g/mol. The molecule has 0 aromatic heterocycles. The summed E-state index contributed by atoms with van der Waals surface area (Å²) in [5, 5.41) is 7.09. The Morgan fingerprint density at radius 3 is 2.32 bits per heavy atom. The SMILES string of the molecule is NC(N)=N/N=C\c1ccccc1OS(=O)(=O)c1ccccc1. The van der Waals surface area contributed by atoms with Crippen molar-refractivity contribution in [2.45, 2.75) is 4.90 Å². The molecule has 0 amide bonds. The van der Waals surface area contributed by atoms with Crippen molar-refractivity contribution in [1.82, 2.24) is 0 Å². The molecule has 4 N–H and O–H groups in total. The first-order valence-electron chi connectivity index (χ1n) is 6.19. The Labute approximate surface area is 128 Å². The lowest BCUT2D eigenvalue weighted by molar-refractivity contribution is 0.485. The van der Waals surface area contributed by atoms with E-state index < -0.39 is 10.1 Å². The molecule has 0 atom stereocenters. The second kappa shape index (κ2) is 6.72. The standard InChI is InChI=1S/C14H14N4O3S/c15-14(16)18-17-10-11-6-4-5-9-13(11)21-22(19,20)12-7-2-1-3-8-12/h1-10H,(H4,15,16,18)/b17-10-. The highest BCUT2D eigenvalue weighted by Gasteiger charge is 2.17. The minimum atomic E-state index is -3.92. The van der Waals surface area contributed by atoms with Crippen LogP contribution in [0.4, 0.5) is 0 Å². The summed E-state index contributed by atoms with van der Waals surface area (Å²) in [6.07, 6.45) is 1.30. The summed E-state index contributed by atoms with van der Waals surface area (Å²) in [5.74, 6) is -0.0764. The molecule has 0 aliphatic rings. The molecule has 0 heterocycles. The van der Waals surface area contributed by atoms with Gasteiger partial charge in [-0.3, -0.25) is 0 Å². The number of benzene rings is 2. The molecule has 0 aliphatic carbocycles. The van der Waals surface area contributed by atoms with Crippen LogP contribution in [0.5, 0.6) is 5.75 Å². The van der Waals surface area contributed by atoms with Gasteiger partial charge in [-0.2, -0.15) is 13.5 Å². The zero-order valence-corrected chi connectivity index (χ0v) is 12.3. The van der Waals surface area contributed by atoms with E-state index in [1.165, 1.54) is 24.4 Å². The lowest BCUT2D eigenvalue weighted by atomic mass is 10.2. The van der Waals surface area contributed by atoms with Gasteiger partial charge in [0.1, 0.15) is 4.90 Å². The number of hydrogen-bond acceptors (Lipinski definition) is 5. The van der Waals surface area contributed by atoms with Crippen molar-refractivity contribution in [1.29, 1.82) is 0 Å². The molecule has 0 fully saturated rings. The van der Waals surface area contributed by atoms with Gasteiger partial charge in [0.25, 0.3) is 0 Å². The van der Waals surface area contributed by atoms with E-state index in [2.05, 4.69) is 10.2 Å². The van der Waals surface area contributed by atoms with Crippen LogP contribution in [-0.2, 0) is 10.1 Å². The average Bonchev–Trinajstić information content (AvgIpc) is 2.49. The zero-order valence-electron chi connectivity index (χ0n) is 11.5. The average molecular weight is 318 g/mol. The first-order chi connectivity index (χ1) is 10.5. The van der Waals surface area contributed by atoms with Gasteiger partial charge in [-0.25, -0.2) is 0 Å². The third kappa shape index (κ3) is 4.06. The van der Waals surface area contributed by atoms with Crippen molar-refractivity contribution >= 4 is 22.3 Å². The fourth-order valence-electron chi connectivity index (χ4n) is 1.57. The van der Waals surface area contributed by atoms with Crippen molar-refractivity contribution in [2.24, 2.45) is 21.7 Å². The van der Waals surface area contributed by atoms with E-state index in [4.69, 9.17) is 15.7 Å². The third-order valence-electron chi connectivity index (χ3n) is 2.52. The van der Waals surface area contributed by atoms with Crippen molar-refractivity contribution in [3.63, 3.8) is 0 Å². The van der Waals surface area contributed by atoms with Crippen LogP contribution in [0.25, 0.3) is 0 Å². The van der Waals surface area contributed by atoms with Crippen LogP contribution >= 0.6 is 0 Å². The van der Waals surface area contributed by atoms with Gasteiger partial charge in [-0.15, -0.1) is 5.10 Å². The fourth-order valence-corrected chi connectivity index (χ4v) is 2.55. The second-order valence-electron chi connectivity index (χ2n) is 4.16. The molecule has 0 unspecified atom stereocenters. The van der Waals surface area contributed by atoms with E-state index in [1.54, 1.807) is 36.4 Å². The summed E-state index contributed by atoms with van der Waals surface area (Å²) in [6, 6.07) is 14.3. The highest BCUT2D eigenvalue weighted by molar-refractivity contribution is 7.87. The molecule has 114 valence electrons. The smallest absolute Gasteiger partial charge is 0.339 e. The Bertz CT molecular complexity index is 798. The molecular formula is C14H14N4O3S. The van der Waals surface area contributed by atoms with Crippen LogP contribution in [0.15, 0.2) is 69.7 Å². The van der Waals surface area contributed by atoms with Gasteiger partial charge in [-0.05, 0) is 24.3 Å². The van der Waals surface area contributed by atoms with Gasteiger partial charge in [0.05, 0.1) is 6.21 Å². The molecule has 7 nitrogen and oxygen atoms in total. The Morgan fingerprint density at radius 1 is 1.00 bits per heavy atom. The molecule has 2 aromatic carbocycles. The van der Waals surface area contributed by atoms with Crippen LogP contribution in [0.2, 0.25) is 0 Å². The largest absolute Gasteiger partial charge is 0.378 e. The molecule has 0 saturated carbocycles. The van der Waals surface area contributed by atoms with Gasteiger partial charge < -0.3 is 15.7 Å². The van der Waals surface area contributed by atoms with Crippen molar-refractivity contribution < 1.29 is 12.6 Å². The maximum atomic E-state index is 12.2. The predicted molar refractivity (Wildman–Crippen MR) is 84.1 cm³/mol. The third-order valence-corrected chi connectivity index (χ3v) is 3.77. The topological polar surface area (TPSA) is 120 Å². The first kappa shape index (κ1) is 15.5. The van der Waals surface area contributed by atoms with Crippen LogP contribution in [0.1, 0.15) is 5.56 Å². The van der Waals surface area contributed by atoms with Crippen LogP contribution < -0.4 is 15.7 Å². The molecule has 0 aliphatic heterocycles. The minimum absolute atomic E-state index is 0.0611. The summed E-state index contributed by atoms with van der Waals surface area (Å²) >= 11 is 0. The molecule has 22 heavy (non-hydrogen) atoms. The highest BCUT2D eigenvalue weighted by Crippen LogP contribution is 2.21. The van der Waals surface area contributed by atoms with Gasteiger partial charge in [0.2, 0.25) is 5.96 Å². The quantitative estimate of drug-likeness (QED) is 0.369. The lowest BCUT2D eigenvalue weighted by Gasteiger charge is -2.08. The van der Waals surface area contributed by atoms with E-state index in [-0.39, 0.29) is 16.6 Å². The number of nitrogens with two attached hydrogens (primary N) is 2. The number of nitrogens with zero attached hydrogens (tertiary/aromatic N) is 2. The second-order valence-corrected chi connectivity index (χ2v) is 5.70. The van der Waals surface area contributed by atoms with Crippen molar-refractivity contribution in [3.8, 4) is 5.75 Å². The maximum absolute atomic E-state index is 12.2. The molecule has 8 heteroatoms. The Hall–Kier alpha value is -2.87. The summed E-state index contributed by atoms with van der Waals surface area (Å²) < 4.78 is 29.5. The number of guanidine groups is 1. The zero-order chi connectivity index (χ0) is 16.0. The van der Waals surface area contributed by atoms with Crippen LogP contribution in [0.3, 0.4) is 0 Å². The maximum Gasteiger partial charge on any atom is 0.339 e. The molecule has 0 saturated heterocycles. The molecule has 2 rings (SSSR count). The Kier molecular flexibility index (Phi) is 4.74. The first-order valence-corrected chi connectivity index (χ1v) is 7.60. The Balaban J connectivity index is 2.31. The van der Waals surface area contributed by atoms with E-state index in [0.29, 0.717) is 5.56 Å². The summed E-state index contributed by atoms with van der Waals surface area (Å²) in [7, 11) is -3.92. The fraction of sp³-hybridized carbons (Fsp3) is 0. The predicted octanol–water partition coefficient (Wildman–Crippen LogP) is 1.06. The van der Waals surface area contributed by atoms with Gasteiger partial charge >= 0.3 is 10.1 Å². The van der Waals surface area contributed by atoms with Gasteiger partial charge in [0, 0.05) is 5.56 Å².